The Morgan fingerprint density at radius 3 is 2.00 bits per heavy atom. The molecule has 5 heteroatoms. The van der Waals surface area contributed by atoms with E-state index in [1.165, 1.54) is 6.92 Å². The van der Waals surface area contributed by atoms with E-state index in [0.29, 0.717) is 5.56 Å². The van der Waals surface area contributed by atoms with Crippen LogP contribution in [-0.2, 0) is 0 Å². The molecule has 16 heavy (non-hydrogen) atoms. The summed E-state index contributed by atoms with van der Waals surface area (Å²) >= 11 is 0. The lowest BCUT2D eigenvalue weighted by atomic mass is 10.2. The Morgan fingerprint density at radius 1 is 1.31 bits per heavy atom. The number of halogens is 2. The molecule has 0 radical (unpaired) electrons. The molecule has 0 spiro atoms. The first-order valence-corrected chi connectivity index (χ1v) is 4.66. The van der Waals surface area contributed by atoms with Crippen molar-refractivity contribution in [3.63, 3.8) is 0 Å². The molecule has 0 aliphatic heterocycles. The maximum atomic E-state index is 11.3. The van der Waals surface area contributed by atoms with Crippen molar-refractivity contribution in [1.82, 2.24) is 0 Å². The number of rotatable bonds is 3. The van der Waals surface area contributed by atoms with Crippen LogP contribution in [0.1, 0.15) is 17.3 Å². The fourth-order valence-corrected chi connectivity index (χ4v) is 0.660. The highest BCUT2D eigenvalue weighted by Gasteiger charge is 2.11. The SMILES string of the molecule is C[C@@H](CO)C(F)F.O=C(O)c1ccccc1. The second-order valence-electron chi connectivity index (χ2n) is 3.17. The first-order valence-electron chi connectivity index (χ1n) is 4.66. The molecule has 1 atom stereocenters. The molecule has 1 aromatic carbocycles. The molecule has 1 rings (SSSR count). The Morgan fingerprint density at radius 2 is 1.81 bits per heavy atom. The van der Waals surface area contributed by atoms with Gasteiger partial charge in [0.15, 0.2) is 0 Å². The number of alkyl halides is 2. The standard InChI is InChI=1S/C7H6O2.C4H8F2O/c8-7(9)6-4-2-1-3-5-6;1-3(2-7)4(5)6/h1-5H,(H,8,9);3-4,7H,2H2,1H3/t;3-/m.0/s1. The van der Waals surface area contributed by atoms with E-state index in [1.54, 1.807) is 30.3 Å². The normalized spacial score (nSPS) is 11.6. The zero-order valence-electron chi connectivity index (χ0n) is 8.81. The zero-order valence-corrected chi connectivity index (χ0v) is 8.81. The molecular formula is C11H14F2O3. The highest BCUT2D eigenvalue weighted by atomic mass is 19.3. The van der Waals surface area contributed by atoms with E-state index in [2.05, 4.69) is 0 Å². The molecule has 0 amide bonds. The zero-order chi connectivity index (χ0) is 12.6. The maximum Gasteiger partial charge on any atom is 0.335 e. The molecule has 0 bridgehead atoms. The fourth-order valence-electron chi connectivity index (χ4n) is 0.660. The molecule has 0 saturated heterocycles. The van der Waals surface area contributed by atoms with E-state index >= 15 is 0 Å². The van der Waals surface area contributed by atoms with Crippen LogP contribution in [0.3, 0.4) is 0 Å². The quantitative estimate of drug-likeness (QED) is 0.840. The number of aliphatic hydroxyl groups is 1. The van der Waals surface area contributed by atoms with Crippen LogP contribution in [-0.4, -0.2) is 29.2 Å². The molecule has 0 unspecified atom stereocenters. The van der Waals surface area contributed by atoms with Gasteiger partial charge in [-0.15, -0.1) is 0 Å². The average Bonchev–Trinajstić information content (AvgIpc) is 2.29. The van der Waals surface area contributed by atoms with Crippen molar-refractivity contribution >= 4 is 5.97 Å². The second kappa shape index (κ2) is 7.76. The molecular weight excluding hydrogens is 218 g/mol. The lowest BCUT2D eigenvalue weighted by molar-refractivity contribution is 0.0515. The lowest BCUT2D eigenvalue weighted by Crippen LogP contribution is -2.10. The van der Waals surface area contributed by atoms with Gasteiger partial charge in [-0.05, 0) is 12.1 Å². The number of carboxylic acid groups (broad SMARTS) is 1. The molecule has 0 heterocycles. The van der Waals surface area contributed by atoms with Crippen molar-refractivity contribution in [3.05, 3.63) is 35.9 Å². The molecule has 0 aliphatic carbocycles. The predicted molar refractivity (Wildman–Crippen MR) is 55.7 cm³/mol. The third kappa shape index (κ3) is 6.08. The predicted octanol–water partition coefficient (Wildman–Crippen LogP) is 2.26. The Hall–Kier alpha value is -1.49. The number of aliphatic hydroxyl groups excluding tert-OH is 1. The summed E-state index contributed by atoms with van der Waals surface area (Å²) in [5, 5.41) is 16.4. The van der Waals surface area contributed by atoms with Crippen LogP contribution in [0, 0.1) is 5.92 Å². The van der Waals surface area contributed by atoms with E-state index in [0.717, 1.165) is 0 Å². The van der Waals surface area contributed by atoms with Gasteiger partial charge in [-0.3, -0.25) is 0 Å². The minimum atomic E-state index is -2.38. The van der Waals surface area contributed by atoms with Gasteiger partial charge in [0.1, 0.15) is 0 Å². The first kappa shape index (κ1) is 14.5. The van der Waals surface area contributed by atoms with Gasteiger partial charge in [0, 0.05) is 5.92 Å². The molecule has 0 aliphatic rings. The number of carbonyl (C=O) groups is 1. The monoisotopic (exact) mass is 232 g/mol. The van der Waals surface area contributed by atoms with Crippen molar-refractivity contribution < 1.29 is 23.8 Å². The second-order valence-corrected chi connectivity index (χ2v) is 3.17. The summed E-state index contributed by atoms with van der Waals surface area (Å²) in [4.78, 5) is 10.2. The van der Waals surface area contributed by atoms with Crippen LogP contribution in [0.5, 0.6) is 0 Å². The van der Waals surface area contributed by atoms with E-state index in [9.17, 15) is 13.6 Å². The summed E-state index contributed by atoms with van der Waals surface area (Å²) in [6, 6.07) is 8.30. The van der Waals surface area contributed by atoms with Crippen LogP contribution in [0.25, 0.3) is 0 Å². The van der Waals surface area contributed by atoms with E-state index < -0.39 is 24.9 Å². The van der Waals surface area contributed by atoms with Crippen LogP contribution in [0.4, 0.5) is 8.78 Å². The topological polar surface area (TPSA) is 57.5 Å². The average molecular weight is 232 g/mol. The molecule has 1 aromatic rings. The Balaban J connectivity index is 0.000000293. The van der Waals surface area contributed by atoms with Gasteiger partial charge in [-0.25, -0.2) is 13.6 Å². The van der Waals surface area contributed by atoms with Crippen molar-refractivity contribution in [2.24, 2.45) is 5.92 Å². The van der Waals surface area contributed by atoms with Crippen LogP contribution in [0.15, 0.2) is 30.3 Å². The van der Waals surface area contributed by atoms with Crippen molar-refractivity contribution in [2.45, 2.75) is 13.3 Å². The smallest absolute Gasteiger partial charge is 0.335 e. The summed E-state index contributed by atoms with van der Waals surface area (Å²) in [7, 11) is 0. The van der Waals surface area contributed by atoms with Crippen molar-refractivity contribution in [3.8, 4) is 0 Å². The number of carboxylic acids is 1. The molecule has 3 nitrogen and oxygen atoms in total. The minimum absolute atomic E-state index is 0.331. The van der Waals surface area contributed by atoms with Gasteiger partial charge in [-0.1, -0.05) is 25.1 Å². The van der Waals surface area contributed by atoms with Gasteiger partial charge in [0.25, 0.3) is 0 Å². The number of hydrogen-bond donors (Lipinski definition) is 2. The lowest BCUT2D eigenvalue weighted by Gasteiger charge is -2.02. The van der Waals surface area contributed by atoms with E-state index in [-0.39, 0.29) is 0 Å². The van der Waals surface area contributed by atoms with Crippen LogP contribution in [0.2, 0.25) is 0 Å². The summed E-state index contributed by atoms with van der Waals surface area (Å²) in [5.74, 6) is -1.75. The Labute approximate surface area is 92.3 Å². The summed E-state index contributed by atoms with van der Waals surface area (Å²) < 4.78 is 22.5. The highest BCUT2D eigenvalue weighted by Crippen LogP contribution is 2.05. The highest BCUT2D eigenvalue weighted by molar-refractivity contribution is 5.87. The third-order valence-electron chi connectivity index (χ3n) is 1.74. The van der Waals surface area contributed by atoms with Gasteiger partial charge in [0.2, 0.25) is 6.43 Å². The molecule has 2 N–H and O–H groups in total. The van der Waals surface area contributed by atoms with Crippen molar-refractivity contribution in [2.75, 3.05) is 6.61 Å². The summed E-state index contributed by atoms with van der Waals surface area (Å²) in [5.41, 5.74) is 0.331. The number of aromatic carboxylic acids is 1. The molecule has 0 fully saturated rings. The number of benzene rings is 1. The van der Waals surface area contributed by atoms with E-state index in [1.807, 2.05) is 0 Å². The largest absolute Gasteiger partial charge is 0.478 e. The van der Waals surface area contributed by atoms with Gasteiger partial charge in [0.05, 0.1) is 12.2 Å². The summed E-state index contributed by atoms with van der Waals surface area (Å²) in [6.45, 7) is 0.863. The molecule has 90 valence electrons. The third-order valence-corrected chi connectivity index (χ3v) is 1.74. The van der Waals surface area contributed by atoms with Gasteiger partial charge < -0.3 is 10.2 Å². The number of hydrogen-bond acceptors (Lipinski definition) is 2. The van der Waals surface area contributed by atoms with E-state index in [4.69, 9.17) is 10.2 Å². The Bertz CT molecular complexity index is 301. The maximum absolute atomic E-state index is 11.3. The Kier molecular flexibility index (Phi) is 7.03. The van der Waals surface area contributed by atoms with Gasteiger partial charge in [-0.2, -0.15) is 0 Å². The first-order chi connectivity index (χ1) is 7.49. The van der Waals surface area contributed by atoms with Crippen LogP contribution >= 0.6 is 0 Å². The molecule has 0 aromatic heterocycles. The minimum Gasteiger partial charge on any atom is -0.478 e. The molecule has 0 saturated carbocycles. The summed E-state index contributed by atoms with van der Waals surface area (Å²) in [6.07, 6.45) is -2.38. The van der Waals surface area contributed by atoms with Crippen LogP contribution < -0.4 is 0 Å². The van der Waals surface area contributed by atoms with Gasteiger partial charge >= 0.3 is 5.97 Å². The fraction of sp³-hybridized carbons (Fsp3) is 0.364. The van der Waals surface area contributed by atoms with Crippen molar-refractivity contribution in [1.29, 1.82) is 0 Å².